The number of rotatable bonds is 4. The Morgan fingerprint density at radius 1 is 1.50 bits per heavy atom. The van der Waals surface area contributed by atoms with Crippen LogP contribution in [-0.2, 0) is 4.74 Å². The molecule has 4 heteroatoms. The number of urea groups is 1. The van der Waals surface area contributed by atoms with Gasteiger partial charge in [0.25, 0.3) is 0 Å². The molecule has 4 nitrogen and oxygen atoms in total. The van der Waals surface area contributed by atoms with Crippen molar-refractivity contribution in [2.45, 2.75) is 32.3 Å². The summed E-state index contributed by atoms with van der Waals surface area (Å²) in [6, 6.07) is 7.60. The lowest BCUT2D eigenvalue weighted by atomic mass is 10.2. The average molecular weight is 248 g/mol. The molecule has 2 N–H and O–H groups in total. The van der Waals surface area contributed by atoms with Crippen LogP contribution in [0.5, 0.6) is 0 Å². The van der Waals surface area contributed by atoms with Crippen LogP contribution in [0, 0.1) is 6.92 Å². The van der Waals surface area contributed by atoms with Crippen molar-refractivity contribution < 1.29 is 9.53 Å². The van der Waals surface area contributed by atoms with Crippen LogP contribution in [0.25, 0.3) is 0 Å². The van der Waals surface area contributed by atoms with Gasteiger partial charge in [0.05, 0.1) is 6.10 Å². The minimum atomic E-state index is -0.154. The van der Waals surface area contributed by atoms with Crippen LogP contribution in [0.1, 0.15) is 24.8 Å². The van der Waals surface area contributed by atoms with Crippen molar-refractivity contribution in [1.29, 1.82) is 0 Å². The molecule has 1 saturated heterocycles. The first-order chi connectivity index (χ1) is 8.74. The molecule has 1 atom stereocenters. The molecule has 1 aromatic rings. The number of hydrogen-bond acceptors (Lipinski definition) is 2. The van der Waals surface area contributed by atoms with Crippen LogP contribution in [0.4, 0.5) is 10.5 Å². The van der Waals surface area contributed by atoms with Crippen molar-refractivity contribution in [2.75, 3.05) is 18.5 Å². The quantitative estimate of drug-likeness (QED) is 0.860. The second-order valence-electron chi connectivity index (χ2n) is 4.67. The molecule has 98 valence electrons. The second-order valence-corrected chi connectivity index (χ2v) is 4.67. The van der Waals surface area contributed by atoms with Gasteiger partial charge in [-0.2, -0.15) is 0 Å². The first kappa shape index (κ1) is 12.9. The molecule has 0 saturated carbocycles. The van der Waals surface area contributed by atoms with Gasteiger partial charge in [0.15, 0.2) is 0 Å². The van der Waals surface area contributed by atoms with Gasteiger partial charge in [-0.05, 0) is 43.9 Å². The molecule has 18 heavy (non-hydrogen) atoms. The highest BCUT2D eigenvalue weighted by molar-refractivity contribution is 5.89. The van der Waals surface area contributed by atoms with Crippen molar-refractivity contribution in [1.82, 2.24) is 5.32 Å². The molecule has 2 rings (SSSR count). The van der Waals surface area contributed by atoms with Gasteiger partial charge in [0.1, 0.15) is 0 Å². The summed E-state index contributed by atoms with van der Waals surface area (Å²) in [7, 11) is 0. The molecule has 0 unspecified atom stereocenters. The van der Waals surface area contributed by atoms with Crippen LogP contribution < -0.4 is 10.6 Å². The predicted molar refractivity (Wildman–Crippen MR) is 71.8 cm³/mol. The second kappa shape index (κ2) is 6.40. The van der Waals surface area contributed by atoms with Crippen molar-refractivity contribution >= 4 is 11.7 Å². The number of carbonyl (C=O) groups is 1. The van der Waals surface area contributed by atoms with Gasteiger partial charge >= 0.3 is 6.03 Å². The fourth-order valence-electron chi connectivity index (χ4n) is 2.12. The number of ether oxygens (including phenoxy) is 1. The lowest BCUT2D eigenvalue weighted by Gasteiger charge is -2.11. The molecule has 0 bridgehead atoms. The third-order valence-corrected chi connectivity index (χ3v) is 3.05. The highest BCUT2D eigenvalue weighted by Crippen LogP contribution is 2.14. The highest BCUT2D eigenvalue weighted by Gasteiger charge is 2.14. The number of carbonyl (C=O) groups excluding carboxylic acids is 1. The summed E-state index contributed by atoms with van der Waals surface area (Å²) in [4.78, 5) is 11.6. The summed E-state index contributed by atoms with van der Waals surface area (Å²) >= 11 is 0. The fourth-order valence-corrected chi connectivity index (χ4v) is 2.12. The van der Waals surface area contributed by atoms with Crippen LogP contribution >= 0.6 is 0 Å². The first-order valence-corrected chi connectivity index (χ1v) is 6.47. The Balaban J connectivity index is 1.68. The van der Waals surface area contributed by atoms with Crippen molar-refractivity contribution in [3.8, 4) is 0 Å². The molecule has 1 aliphatic heterocycles. The van der Waals surface area contributed by atoms with Crippen LogP contribution in [0.15, 0.2) is 24.3 Å². The summed E-state index contributed by atoms with van der Waals surface area (Å²) in [6.07, 6.45) is 3.46. The average Bonchev–Trinajstić information content (AvgIpc) is 2.82. The van der Waals surface area contributed by atoms with Crippen molar-refractivity contribution in [2.24, 2.45) is 0 Å². The van der Waals surface area contributed by atoms with Crippen LogP contribution in [0.3, 0.4) is 0 Å². The largest absolute Gasteiger partial charge is 0.378 e. The molecule has 1 fully saturated rings. The molecule has 1 heterocycles. The van der Waals surface area contributed by atoms with E-state index in [0.29, 0.717) is 12.6 Å². The highest BCUT2D eigenvalue weighted by atomic mass is 16.5. The van der Waals surface area contributed by atoms with E-state index in [2.05, 4.69) is 10.6 Å². The van der Waals surface area contributed by atoms with Gasteiger partial charge in [-0.1, -0.05) is 12.1 Å². The molecular formula is C14H20N2O2. The SMILES string of the molecule is Cc1cccc(NC(=O)NCC[C@@H]2CCCO2)c1. The number of aryl methyl sites for hydroxylation is 1. The van der Waals surface area contributed by atoms with E-state index < -0.39 is 0 Å². The molecule has 0 radical (unpaired) electrons. The number of benzene rings is 1. The Kier molecular flexibility index (Phi) is 4.59. The molecule has 2 amide bonds. The number of amides is 2. The van der Waals surface area contributed by atoms with Gasteiger partial charge in [-0.15, -0.1) is 0 Å². The Morgan fingerprint density at radius 2 is 2.39 bits per heavy atom. The number of anilines is 1. The van der Waals surface area contributed by atoms with Gasteiger partial charge in [0, 0.05) is 18.8 Å². The number of nitrogens with one attached hydrogen (secondary N) is 2. The van der Waals surface area contributed by atoms with E-state index in [0.717, 1.165) is 37.1 Å². The Bertz CT molecular complexity index is 401. The van der Waals surface area contributed by atoms with E-state index >= 15 is 0 Å². The minimum Gasteiger partial charge on any atom is -0.378 e. The zero-order valence-electron chi connectivity index (χ0n) is 10.7. The van der Waals surface area contributed by atoms with E-state index in [1.54, 1.807) is 0 Å². The standard InChI is InChI=1S/C14H20N2O2/c1-11-4-2-5-12(10-11)16-14(17)15-8-7-13-6-3-9-18-13/h2,4-5,10,13H,3,6-9H2,1H3,(H2,15,16,17)/t13-/m0/s1. The van der Waals surface area contributed by atoms with Gasteiger partial charge in [-0.25, -0.2) is 4.79 Å². The van der Waals surface area contributed by atoms with Crippen molar-refractivity contribution in [3.05, 3.63) is 29.8 Å². The maximum absolute atomic E-state index is 11.6. The zero-order valence-corrected chi connectivity index (χ0v) is 10.7. The van der Waals surface area contributed by atoms with E-state index in [4.69, 9.17) is 4.74 Å². The molecule has 0 spiro atoms. The predicted octanol–water partition coefficient (Wildman–Crippen LogP) is 2.69. The lowest BCUT2D eigenvalue weighted by molar-refractivity contribution is 0.105. The number of hydrogen-bond donors (Lipinski definition) is 2. The third kappa shape index (κ3) is 4.04. The summed E-state index contributed by atoms with van der Waals surface area (Å²) in [5, 5.41) is 5.66. The van der Waals surface area contributed by atoms with Gasteiger partial charge in [-0.3, -0.25) is 0 Å². The smallest absolute Gasteiger partial charge is 0.319 e. The summed E-state index contributed by atoms with van der Waals surface area (Å²) in [5.41, 5.74) is 1.96. The maximum Gasteiger partial charge on any atom is 0.319 e. The van der Waals surface area contributed by atoms with Crippen molar-refractivity contribution in [3.63, 3.8) is 0 Å². The third-order valence-electron chi connectivity index (χ3n) is 3.05. The summed E-state index contributed by atoms with van der Waals surface area (Å²) in [6.45, 7) is 3.52. The normalized spacial score (nSPS) is 18.6. The first-order valence-electron chi connectivity index (χ1n) is 6.47. The van der Waals surface area contributed by atoms with Gasteiger partial charge in [0.2, 0.25) is 0 Å². The molecule has 1 aliphatic rings. The molecule has 0 aliphatic carbocycles. The van der Waals surface area contributed by atoms with E-state index in [9.17, 15) is 4.79 Å². The van der Waals surface area contributed by atoms with E-state index in [1.165, 1.54) is 0 Å². The van der Waals surface area contributed by atoms with Crippen LogP contribution in [-0.4, -0.2) is 25.3 Å². The molecular weight excluding hydrogens is 228 g/mol. The van der Waals surface area contributed by atoms with Crippen LogP contribution in [0.2, 0.25) is 0 Å². The Hall–Kier alpha value is -1.55. The Labute approximate surface area is 108 Å². The molecule has 1 aromatic carbocycles. The maximum atomic E-state index is 11.6. The van der Waals surface area contributed by atoms with Gasteiger partial charge < -0.3 is 15.4 Å². The Morgan fingerprint density at radius 3 is 3.11 bits per heavy atom. The zero-order chi connectivity index (χ0) is 12.8. The summed E-state index contributed by atoms with van der Waals surface area (Å²) in [5.74, 6) is 0. The topological polar surface area (TPSA) is 50.4 Å². The lowest BCUT2D eigenvalue weighted by Crippen LogP contribution is -2.31. The summed E-state index contributed by atoms with van der Waals surface area (Å²) < 4.78 is 5.50. The molecule has 0 aromatic heterocycles. The van der Waals surface area contributed by atoms with E-state index in [-0.39, 0.29) is 6.03 Å². The monoisotopic (exact) mass is 248 g/mol. The minimum absolute atomic E-state index is 0.154. The van der Waals surface area contributed by atoms with E-state index in [1.807, 2.05) is 31.2 Å². The fraction of sp³-hybridized carbons (Fsp3) is 0.500.